The number of hydrogen-bond donors (Lipinski definition) is 2. The molecule has 3 heterocycles. The monoisotopic (exact) mass is 507 g/mol. The number of amides is 2. The molecule has 2 N–H and O–H groups in total. The van der Waals surface area contributed by atoms with Gasteiger partial charge >= 0.3 is 6.09 Å². The summed E-state index contributed by atoms with van der Waals surface area (Å²) in [6.07, 6.45) is 0.223. The number of likely N-dealkylation sites (tertiary alicyclic amines) is 1. The Bertz CT molecular complexity index is 1330. The van der Waals surface area contributed by atoms with Gasteiger partial charge in [-0.2, -0.15) is 0 Å². The molecule has 10 heteroatoms. The molecule has 1 fully saturated rings. The number of hydrogen-bond acceptors (Lipinski definition) is 7. The second kappa shape index (κ2) is 9.85. The number of aliphatic imine (C=N–C) groups is 1. The van der Waals surface area contributed by atoms with Gasteiger partial charge in [-0.05, 0) is 45.0 Å². The van der Waals surface area contributed by atoms with Crippen LogP contribution in [0.3, 0.4) is 0 Å². The molecular formula is C26H29N5O4S. The fourth-order valence-electron chi connectivity index (χ4n) is 4.18. The molecule has 2 aliphatic rings. The molecule has 2 aromatic carbocycles. The number of H-pyrrole nitrogens is 1. The summed E-state index contributed by atoms with van der Waals surface area (Å²) < 4.78 is 11.8. The molecule has 0 saturated carbocycles. The van der Waals surface area contributed by atoms with Crippen LogP contribution in [-0.4, -0.2) is 69.1 Å². The second-order valence-corrected chi connectivity index (χ2v) is 10.8. The lowest BCUT2D eigenvalue weighted by atomic mass is 10.1. The highest BCUT2D eigenvalue weighted by Crippen LogP contribution is 2.32. The molecule has 2 aliphatic heterocycles. The first-order valence-electron chi connectivity index (χ1n) is 12.0. The Kier molecular flexibility index (Phi) is 6.61. The van der Waals surface area contributed by atoms with Crippen LogP contribution in [-0.2, 0) is 4.74 Å². The van der Waals surface area contributed by atoms with Crippen molar-refractivity contribution in [3.8, 4) is 17.1 Å². The summed E-state index contributed by atoms with van der Waals surface area (Å²) in [5, 5.41) is 3.52. The van der Waals surface area contributed by atoms with Crippen LogP contribution in [0.2, 0.25) is 0 Å². The number of carbonyl (C=O) groups excluding carboxylic acids is 2. The summed E-state index contributed by atoms with van der Waals surface area (Å²) in [6, 6.07) is 13.1. The third kappa shape index (κ3) is 5.33. The average Bonchev–Trinajstić information content (AvgIpc) is 3.59. The van der Waals surface area contributed by atoms with E-state index in [0.717, 1.165) is 16.8 Å². The zero-order valence-electron chi connectivity index (χ0n) is 20.5. The van der Waals surface area contributed by atoms with Crippen LogP contribution >= 0.6 is 11.8 Å². The Morgan fingerprint density at radius 3 is 2.78 bits per heavy atom. The molecule has 0 bridgehead atoms. The number of ether oxygens (including phenoxy) is 2. The summed E-state index contributed by atoms with van der Waals surface area (Å²) in [6.45, 7) is 7.31. The van der Waals surface area contributed by atoms with Crippen molar-refractivity contribution in [2.45, 2.75) is 38.9 Å². The summed E-state index contributed by atoms with van der Waals surface area (Å²) in [4.78, 5) is 39.4. The van der Waals surface area contributed by atoms with E-state index in [1.807, 2.05) is 57.2 Å². The molecule has 36 heavy (non-hydrogen) atoms. The Hall–Kier alpha value is -3.53. The number of aromatic amines is 1. The predicted molar refractivity (Wildman–Crippen MR) is 141 cm³/mol. The average molecular weight is 508 g/mol. The minimum atomic E-state index is -0.539. The third-order valence-corrected chi connectivity index (χ3v) is 6.69. The van der Waals surface area contributed by atoms with E-state index in [1.54, 1.807) is 11.0 Å². The van der Waals surface area contributed by atoms with Crippen LogP contribution in [0.5, 0.6) is 5.75 Å². The number of aromatic nitrogens is 2. The molecule has 2 amide bonds. The zero-order chi connectivity index (χ0) is 25.3. The number of imidazole rings is 1. The van der Waals surface area contributed by atoms with Gasteiger partial charge in [0.05, 0.1) is 29.7 Å². The normalized spacial score (nSPS) is 17.8. The predicted octanol–water partition coefficient (Wildman–Crippen LogP) is 4.45. The topological polar surface area (TPSA) is 109 Å². The summed E-state index contributed by atoms with van der Waals surface area (Å²) >= 11 is 1.54. The number of nitrogens with one attached hydrogen (secondary N) is 2. The number of benzene rings is 2. The number of carbonyl (C=O) groups is 2. The van der Waals surface area contributed by atoms with Crippen LogP contribution in [0, 0.1) is 0 Å². The van der Waals surface area contributed by atoms with Crippen LogP contribution in [0.15, 0.2) is 47.5 Å². The molecule has 9 nitrogen and oxygen atoms in total. The van der Waals surface area contributed by atoms with Crippen molar-refractivity contribution >= 4 is 40.0 Å². The van der Waals surface area contributed by atoms with Crippen LogP contribution in [0.1, 0.15) is 37.6 Å². The highest BCUT2D eigenvalue weighted by atomic mass is 32.2. The van der Waals surface area contributed by atoms with Gasteiger partial charge in [-0.25, -0.2) is 9.78 Å². The minimum absolute atomic E-state index is 0.158. The molecule has 0 spiro atoms. The second-order valence-electron chi connectivity index (χ2n) is 9.73. The van der Waals surface area contributed by atoms with Crippen molar-refractivity contribution in [2.75, 3.05) is 25.4 Å². The molecule has 188 valence electrons. The number of para-hydroxylation sites is 2. The Balaban J connectivity index is 1.35. The molecule has 0 aliphatic carbocycles. The van der Waals surface area contributed by atoms with Crippen molar-refractivity contribution in [3.63, 3.8) is 0 Å². The maximum atomic E-state index is 12.9. The smallest absolute Gasteiger partial charge is 0.410 e. The van der Waals surface area contributed by atoms with E-state index in [4.69, 9.17) is 14.5 Å². The Morgan fingerprint density at radius 1 is 1.17 bits per heavy atom. The van der Waals surface area contributed by atoms with E-state index in [1.165, 1.54) is 11.8 Å². The summed E-state index contributed by atoms with van der Waals surface area (Å²) in [7, 11) is 0. The van der Waals surface area contributed by atoms with E-state index in [9.17, 15) is 9.59 Å². The van der Waals surface area contributed by atoms with Gasteiger partial charge in [0.1, 0.15) is 28.8 Å². The maximum absolute atomic E-state index is 12.9. The van der Waals surface area contributed by atoms with Crippen molar-refractivity contribution in [1.82, 2.24) is 20.2 Å². The van der Waals surface area contributed by atoms with Gasteiger partial charge in [-0.3, -0.25) is 9.79 Å². The molecule has 1 atom stereocenters. The van der Waals surface area contributed by atoms with E-state index in [-0.39, 0.29) is 18.1 Å². The Labute approximate surface area is 213 Å². The van der Waals surface area contributed by atoms with Gasteiger partial charge in [-0.1, -0.05) is 30.0 Å². The van der Waals surface area contributed by atoms with Gasteiger partial charge in [0.15, 0.2) is 5.17 Å². The number of nitrogens with zero attached hydrogens (tertiary/aromatic N) is 3. The lowest BCUT2D eigenvalue weighted by Gasteiger charge is -2.24. The number of fused-ring (bicyclic) bond motifs is 1. The van der Waals surface area contributed by atoms with Gasteiger partial charge < -0.3 is 24.7 Å². The van der Waals surface area contributed by atoms with E-state index < -0.39 is 5.60 Å². The quantitative estimate of drug-likeness (QED) is 0.540. The lowest BCUT2D eigenvalue weighted by Crippen LogP contribution is -2.36. The molecular weight excluding hydrogens is 478 g/mol. The van der Waals surface area contributed by atoms with Crippen LogP contribution < -0.4 is 10.1 Å². The maximum Gasteiger partial charge on any atom is 0.410 e. The number of rotatable bonds is 4. The first-order valence-corrected chi connectivity index (χ1v) is 13.0. The van der Waals surface area contributed by atoms with E-state index in [2.05, 4.69) is 15.3 Å². The van der Waals surface area contributed by atoms with Crippen molar-refractivity contribution < 1.29 is 19.1 Å². The highest BCUT2D eigenvalue weighted by molar-refractivity contribution is 8.14. The van der Waals surface area contributed by atoms with E-state index >= 15 is 0 Å². The van der Waals surface area contributed by atoms with Crippen molar-refractivity contribution in [2.24, 2.45) is 4.99 Å². The summed E-state index contributed by atoms with van der Waals surface area (Å²) in [5.41, 5.74) is 2.06. The van der Waals surface area contributed by atoms with Crippen molar-refractivity contribution in [3.05, 3.63) is 48.0 Å². The first-order chi connectivity index (χ1) is 17.3. The van der Waals surface area contributed by atoms with Gasteiger partial charge in [0.25, 0.3) is 5.91 Å². The molecule has 5 rings (SSSR count). The number of thioether (sulfide) groups is 1. The zero-order valence-corrected chi connectivity index (χ0v) is 21.4. The molecule has 1 saturated heterocycles. The molecule has 3 aromatic rings. The van der Waals surface area contributed by atoms with E-state index in [0.29, 0.717) is 53.9 Å². The Morgan fingerprint density at radius 2 is 2.00 bits per heavy atom. The standard InChI is InChI=1S/C26H29N5O4S/c1-26(2,3)35-25(33)31-13-11-16(15-31)34-20-10-5-4-7-17(20)22-28-19-9-6-8-18(21(19)29-22)23(32)30-24-27-12-14-36-24/h4-10,16H,11-15H2,1-3H3,(H,28,29)(H,27,30,32). The van der Waals surface area contributed by atoms with Gasteiger partial charge in [0, 0.05) is 18.7 Å². The molecule has 1 unspecified atom stereocenters. The van der Waals surface area contributed by atoms with Crippen LogP contribution in [0.4, 0.5) is 4.79 Å². The molecule has 1 aromatic heterocycles. The minimum Gasteiger partial charge on any atom is -0.488 e. The van der Waals surface area contributed by atoms with Crippen molar-refractivity contribution in [1.29, 1.82) is 0 Å². The fraction of sp³-hybridized carbons (Fsp3) is 0.385. The lowest BCUT2D eigenvalue weighted by molar-refractivity contribution is 0.0275. The largest absolute Gasteiger partial charge is 0.488 e. The highest BCUT2D eigenvalue weighted by Gasteiger charge is 2.31. The first kappa shape index (κ1) is 24.2. The SMILES string of the molecule is CC(C)(C)OC(=O)N1CCC(Oc2ccccc2-c2nc3c(C(=O)NC4=NCCS4)cccc3[nH]2)C1. The fourth-order valence-corrected chi connectivity index (χ4v) is 4.90. The number of amidine groups is 1. The van der Waals surface area contributed by atoms with Gasteiger partial charge in [0.2, 0.25) is 0 Å². The summed E-state index contributed by atoms with van der Waals surface area (Å²) in [5.74, 6) is 1.91. The van der Waals surface area contributed by atoms with Gasteiger partial charge in [-0.15, -0.1) is 0 Å². The van der Waals surface area contributed by atoms with Crippen LogP contribution in [0.25, 0.3) is 22.4 Å². The molecule has 0 radical (unpaired) electrons. The third-order valence-electron chi connectivity index (χ3n) is 5.80.